The van der Waals surface area contributed by atoms with Gasteiger partial charge in [-0.25, -0.2) is 0 Å². The number of aryl methyl sites for hydroxylation is 1. The first kappa shape index (κ1) is 26.3. The van der Waals surface area contributed by atoms with Gasteiger partial charge in [0.25, 0.3) is 5.91 Å². The SMILES string of the molecule is CCN(CC)C(=O)c1ccc(C(=C2CCN(Cc3cccc(C)n3)CC2)c2ccc(C(N)=O)cc2)cc1. The van der Waals surface area contributed by atoms with Gasteiger partial charge in [-0.05, 0) is 86.7 Å². The van der Waals surface area contributed by atoms with Crippen LogP contribution in [0.2, 0.25) is 0 Å². The van der Waals surface area contributed by atoms with E-state index in [1.807, 2.05) is 68.1 Å². The minimum absolute atomic E-state index is 0.0506. The molecule has 1 aliphatic heterocycles. The molecule has 0 atom stereocenters. The van der Waals surface area contributed by atoms with Crippen LogP contribution < -0.4 is 5.73 Å². The molecule has 0 aliphatic carbocycles. The highest BCUT2D eigenvalue weighted by Crippen LogP contribution is 2.33. The quantitative estimate of drug-likeness (QED) is 0.472. The number of pyridine rings is 1. The minimum Gasteiger partial charge on any atom is -0.366 e. The number of hydrogen-bond donors (Lipinski definition) is 1. The van der Waals surface area contributed by atoms with E-state index in [1.165, 1.54) is 11.1 Å². The molecule has 1 aromatic heterocycles. The van der Waals surface area contributed by atoms with Gasteiger partial charge in [-0.15, -0.1) is 0 Å². The van der Waals surface area contributed by atoms with Crippen molar-refractivity contribution < 1.29 is 9.59 Å². The van der Waals surface area contributed by atoms with Crippen molar-refractivity contribution in [1.29, 1.82) is 0 Å². The number of carbonyl (C=O) groups is 2. The van der Waals surface area contributed by atoms with Crippen LogP contribution in [0.3, 0.4) is 0 Å². The standard InChI is InChI=1S/C31H36N4O2/c1-4-35(5-2)31(37)27-15-11-24(12-16-27)29(23-9-13-26(14-10-23)30(32)36)25-17-19-34(20-18-25)21-28-8-6-7-22(3)33-28/h6-16H,4-5,17-21H2,1-3H3,(H2,32,36). The highest BCUT2D eigenvalue weighted by atomic mass is 16.2. The third-order valence-electron chi connectivity index (χ3n) is 7.07. The molecule has 3 aromatic rings. The summed E-state index contributed by atoms with van der Waals surface area (Å²) in [5, 5.41) is 0. The van der Waals surface area contributed by atoms with Crippen molar-refractivity contribution in [2.75, 3.05) is 26.2 Å². The number of likely N-dealkylation sites (tertiary alicyclic amines) is 1. The number of amides is 2. The van der Waals surface area contributed by atoms with E-state index in [-0.39, 0.29) is 5.91 Å². The Bertz CT molecular complexity index is 1270. The normalized spacial score (nSPS) is 13.9. The fourth-order valence-corrected chi connectivity index (χ4v) is 5.00. The second kappa shape index (κ2) is 12.0. The second-order valence-corrected chi connectivity index (χ2v) is 9.52. The van der Waals surface area contributed by atoms with E-state index in [1.54, 1.807) is 12.1 Å². The number of piperidine rings is 1. The Morgan fingerprint density at radius 3 is 1.89 bits per heavy atom. The maximum Gasteiger partial charge on any atom is 0.253 e. The number of rotatable bonds is 8. The molecule has 0 unspecified atom stereocenters. The molecule has 0 radical (unpaired) electrons. The Kier molecular flexibility index (Phi) is 8.51. The second-order valence-electron chi connectivity index (χ2n) is 9.52. The number of aromatic nitrogens is 1. The first-order valence-electron chi connectivity index (χ1n) is 13.1. The third kappa shape index (κ3) is 6.33. The van der Waals surface area contributed by atoms with Crippen LogP contribution in [0.15, 0.2) is 72.3 Å². The Hall–Kier alpha value is -3.77. The molecule has 2 N–H and O–H groups in total. The van der Waals surface area contributed by atoms with Gasteiger partial charge in [0.15, 0.2) is 0 Å². The van der Waals surface area contributed by atoms with E-state index in [0.29, 0.717) is 24.2 Å². The Morgan fingerprint density at radius 2 is 1.38 bits per heavy atom. The predicted octanol–water partition coefficient (Wildman–Crippen LogP) is 5.07. The molecule has 1 fully saturated rings. The largest absolute Gasteiger partial charge is 0.366 e. The van der Waals surface area contributed by atoms with E-state index < -0.39 is 5.91 Å². The zero-order chi connectivity index (χ0) is 26.4. The van der Waals surface area contributed by atoms with Crippen LogP contribution in [0, 0.1) is 6.92 Å². The summed E-state index contributed by atoms with van der Waals surface area (Å²) in [4.78, 5) is 33.4. The summed E-state index contributed by atoms with van der Waals surface area (Å²) in [6.45, 7) is 10.1. The molecule has 0 spiro atoms. The van der Waals surface area contributed by atoms with Crippen LogP contribution in [-0.4, -0.2) is 52.8 Å². The summed E-state index contributed by atoms with van der Waals surface area (Å²) < 4.78 is 0. The van der Waals surface area contributed by atoms with Crippen molar-refractivity contribution in [1.82, 2.24) is 14.8 Å². The van der Waals surface area contributed by atoms with Gasteiger partial charge >= 0.3 is 0 Å². The van der Waals surface area contributed by atoms with Gasteiger partial charge in [0.2, 0.25) is 5.91 Å². The van der Waals surface area contributed by atoms with E-state index in [4.69, 9.17) is 5.73 Å². The lowest BCUT2D eigenvalue weighted by atomic mass is 9.87. The molecule has 0 saturated carbocycles. The summed E-state index contributed by atoms with van der Waals surface area (Å²) in [5.41, 5.74) is 13.5. The number of nitrogens with zero attached hydrogens (tertiary/aromatic N) is 3. The molecule has 0 bridgehead atoms. The Morgan fingerprint density at radius 1 is 0.838 bits per heavy atom. The smallest absolute Gasteiger partial charge is 0.253 e. The molecule has 6 nitrogen and oxygen atoms in total. The first-order chi connectivity index (χ1) is 17.9. The molecular formula is C31H36N4O2. The summed E-state index contributed by atoms with van der Waals surface area (Å²) in [7, 11) is 0. The van der Waals surface area contributed by atoms with Crippen LogP contribution in [0.5, 0.6) is 0 Å². The molecule has 6 heteroatoms. The van der Waals surface area contributed by atoms with Crippen LogP contribution in [0.25, 0.3) is 5.57 Å². The minimum atomic E-state index is -0.432. The fourth-order valence-electron chi connectivity index (χ4n) is 5.00. The number of carbonyl (C=O) groups excluding carboxylic acids is 2. The lowest BCUT2D eigenvalue weighted by Crippen LogP contribution is -2.31. The topological polar surface area (TPSA) is 79.5 Å². The van der Waals surface area contributed by atoms with Crippen molar-refractivity contribution >= 4 is 17.4 Å². The van der Waals surface area contributed by atoms with Gasteiger partial charge in [-0.1, -0.05) is 35.9 Å². The zero-order valence-corrected chi connectivity index (χ0v) is 22.0. The van der Waals surface area contributed by atoms with Crippen molar-refractivity contribution in [2.45, 2.75) is 40.2 Å². The summed E-state index contributed by atoms with van der Waals surface area (Å²) in [6, 6.07) is 21.6. The monoisotopic (exact) mass is 496 g/mol. The number of hydrogen-bond acceptors (Lipinski definition) is 4. The van der Waals surface area contributed by atoms with E-state index in [0.717, 1.165) is 55.0 Å². The Labute approximate surface area is 219 Å². The van der Waals surface area contributed by atoms with Gasteiger partial charge in [-0.2, -0.15) is 0 Å². The van der Waals surface area contributed by atoms with Gasteiger partial charge in [0.1, 0.15) is 0 Å². The summed E-state index contributed by atoms with van der Waals surface area (Å²) >= 11 is 0. The van der Waals surface area contributed by atoms with Gasteiger partial charge < -0.3 is 10.6 Å². The van der Waals surface area contributed by atoms with E-state index in [9.17, 15) is 9.59 Å². The highest BCUT2D eigenvalue weighted by Gasteiger charge is 2.20. The van der Waals surface area contributed by atoms with Crippen molar-refractivity contribution in [3.8, 4) is 0 Å². The fraction of sp³-hybridized carbons (Fsp3) is 0.323. The number of nitrogens with two attached hydrogens (primary N) is 1. The molecule has 192 valence electrons. The molecule has 2 aromatic carbocycles. The number of benzene rings is 2. The third-order valence-corrected chi connectivity index (χ3v) is 7.07. The van der Waals surface area contributed by atoms with Crippen LogP contribution >= 0.6 is 0 Å². The molecule has 4 rings (SSSR count). The van der Waals surface area contributed by atoms with Gasteiger partial charge in [0, 0.05) is 49.5 Å². The van der Waals surface area contributed by atoms with E-state index >= 15 is 0 Å². The molecule has 1 aliphatic rings. The maximum absolute atomic E-state index is 12.8. The summed E-state index contributed by atoms with van der Waals surface area (Å²) in [5.74, 6) is -0.382. The lowest BCUT2D eigenvalue weighted by molar-refractivity contribution is 0.0772. The molecule has 2 amide bonds. The van der Waals surface area contributed by atoms with Crippen LogP contribution in [-0.2, 0) is 6.54 Å². The first-order valence-corrected chi connectivity index (χ1v) is 13.1. The Balaban J connectivity index is 1.62. The highest BCUT2D eigenvalue weighted by molar-refractivity contribution is 5.95. The summed E-state index contributed by atoms with van der Waals surface area (Å²) in [6.07, 6.45) is 1.89. The molecule has 1 saturated heterocycles. The molecule has 2 heterocycles. The van der Waals surface area contributed by atoms with Crippen molar-refractivity contribution in [3.63, 3.8) is 0 Å². The van der Waals surface area contributed by atoms with E-state index in [2.05, 4.69) is 22.0 Å². The number of primary amides is 1. The van der Waals surface area contributed by atoms with Crippen molar-refractivity contribution in [3.05, 3.63) is 106 Å². The van der Waals surface area contributed by atoms with Crippen molar-refractivity contribution in [2.24, 2.45) is 5.73 Å². The zero-order valence-electron chi connectivity index (χ0n) is 22.0. The van der Waals surface area contributed by atoms with Gasteiger partial charge in [0.05, 0.1) is 5.69 Å². The van der Waals surface area contributed by atoms with Crippen LogP contribution in [0.1, 0.15) is 69.9 Å². The average Bonchev–Trinajstić information content (AvgIpc) is 2.91. The van der Waals surface area contributed by atoms with Gasteiger partial charge in [-0.3, -0.25) is 19.5 Å². The molecule has 37 heavy (non-hydrogen) atoms. The predicted molar refractivity (Wildman–Crippen MR) is 148 cm³/mol. The van der Waals surface area contributed by atoms with Crippen LogP contribution in [0.4, 0.5) is 0 Å². The molecular weight excluding hydrogens is 460 g/mol. The average molecular weight is 497 g/mol. The lowest BCUT2D eigenvalue weighted by Gasteiger charge is -2.30. The maximum atomic E-state index is 12.8.